The highest BCUT2D eigenvalue weighted by Crippen LogP contribution is 2.32. The first-order valence-electron chi connectivity index (χ1n) is 14.5. The topological polar surface area (TPSA) is 147 Å². The monoisotopic (exact) mass is 618 g/mol. The van der Waals surface area contributed by atoms with Crippen LogP contribution in [0, 0.1) is 0 Å². The van der Waals surface area contributed by atoms with Crippen molar-refractivity contribution in [3.05, 3.63) is 59.2 Å². The molecule has 0 amide bonds. The van der Waals surface area contributed by atoms with E-state index in [-0.39, 0.29) is 17.1 Å². The number of esters is 3. The van der Waals surface area contributed by atoms with Gasteiger partial charge >= 0.3 is 17.9 Å². The maximum Gasteiger partial charge on any atom is 0.305 e. The van der Waals surface area contributed by atoms with Crippen LogP contribution in [-0.4, -0.2) is 71.7 Å². The molecule has 0 bridgehead atoms. The van der Waals surface area contributed by atoms with E-state index in [0.29, 0.717) is 12.0 Å². The molecule has 0 radical (unpaired) electrons. The number of aliphatic hydroxyl groups excluding tert-OH is 1. The minimum Gasteiger partial charge on any atom is -0.508 e. The zero-order valence-electron chi connectivity index (χ0n) is 26.8. The highest BCUT2D eigenvalue weighted by molar-refractivity contribution is 5.68. The third-order valence-electron chi connectivity index (χ3n) is 6.84. The minimum atomic E-state index is -1.63. The van der Waals surface area contributed by atoms with Gasteiger partial charge in [-0.25, -0.2) is 0 Å². The molecule has 1 aromatic carbocycles. The number of phenols is 1. The third kappa shape index (κ3) is 12.1. The molecule has 0 aromatic heterocycles. The zero-order valence-corrected chi connectivity index (χ0v) is 26.8. The number of hydrogen-bond acceptors (Lipinski definition) is 11. The number of hydrogen-bond donors (Lipinski definition) is 2. The second-order valence-corrected chi connectivity index (χ2v) is 11.3. The van der Waals surface area contributed by atoms with Crippen molar-refractivity contribution < 1.29 is 53.0 Å². The number of aliphatic hydroxyl groups is 1. The highest BCUT2D eigenvalue weighted by atomic mass is 16.8. The van der Waals surface area contributed by atoms with Crippen LogP contribution in [0.15, 0.2) is 53.6 Å². The molecule has 244 valence electrons. The maximum atomic E-state index is 11.8. The summed E-state index contributed by atoms with van der Waals surface area (Å²) < 4.78 is 32.7. The van der Waals surface area contributed by atoms with Crippen molar-refractivity contribution in [2.45, 2.75) is 111 Å². The third-order valence-corrected chi connectivity index (χ3v) is 6.84. The number of allylic oxidation sites excluding steroid dienone is 5. The molecule has 11 nitrogen and oxygen atoms in total. The minimum absolute atomic E-state index is 0.0114. The Morgan fingerprint density at radius 1 is 0.909 bits per heavy atom. The van der Waals surface area contributed by atoms with Gasteiger partial charge in [-0.3, -0.25) is 19.1 Å². The number of benzene rings is 1. The summed E-state index contributed by atoms with van der Waals surface area (Å²) in [5, 5.41) is 21.2. The van der Waals surface area contributed by atoms with Crippen LogP contribution in [0.25, 0.3) is 0 Å². The van der Waals surface area contributed by atoms with Crippen molar-refractivity contribution in [2.24, 2.45) is 0 Å². The van der Waals surface area contributed by atoms with Gasteiger partial charge in [-0.15, -0.1) is 0 Å². The van der Waals surface area contributed by atoms with E-state index in [1.165, 1.54) is 23.8 Å². The van der Waals surface area contributed by atoms with Crippen LogP contribution in [0.3, 0.4) is 0 Å². The Morgan fingerprint density at radius 3 is 2.16 bits per heavy atom. The fourth-order valence-corrected chi connectivity index (χ4v) is 4.37. The molecule has 0 spiro atoms. The summed E-state index contributed by atoms with van der Waals surface area (Å²) in [4.78, 5) is 35.3. The molecular weight excluding hydrogens is 572 g/mol. The lowest BCUT2D eigenvalue weighted by Crippen LogP contribution is -2.62. The Bertz CT molecular complexity index is 1230. The van der Waals surface area contributed by atoms with Gasteiger partial charge in [-0.05, 0) is 71.6 Å². The van der Waals surface area contributed by atoms with E-state index < -0.39 is 48.8 Å². The highest BCUT2D eigenvalue weighted by Gasteiger charge is 2.52. The van der Waals surface area contributed by atoms with Gasteiger partial charge in [-0.2, -0.15) is 0 Å². The summed E-state index contributed by atoms with van der Waals surface area (Å²) in [5.41, 5.74) is 2.68. The molecule has 0 saturated carbocycles. The predicted molar refractivity (Wildman–Crippen MR) is 162 cm³/mol. The standard InChI is InChI=1S/C33H46O11/c1-20(13-10-18-33(6,7)39-8)11-9-12-21(2)14-15-25-19-26(37)16-17-27(25)43-31-28(38)29(40-22(3)34)30(41-23(4)35)32(44-31)42-24(5)36/h10-11,14,16-19,28-32,37-38H,9,12-13,15H2,1-8H3/b18-10+,20-11+,21-14+/t28-,29-,30-,31-,32+/m1/s1. The van der Waals surface area contributed by atoms with E-state index in [2.05, 4.69) is 19.1 Å². The molecule has 0 unspecified atom stereocenters. The van der Waals surface area contributed by atoms with Gasteiger partial charge in [0.15, 0.2) is 12.2 Å². The molecule has 1 fully saturated rings. The Balaban J connectivity index is 2.18. The average molecular weight is 619 g/mol. The number of aromatic hydroxyl groups is 1. The number of phenolic OH excluding ortho intramolecular Hbond substituents is 1. The van der Waals surface area contributed by atoms with Gasteiger partial charge in [0, 0.05) is 33.4 Å². The fourth-order valence-electron chi connectivity index (χ4n) is 4.37. The Morgan fingerprint density at radius 2 is 1.55 bits per heavy atom. The molecule has 1 aromatic rings. The first-order valence-corrected chi connectivity index (χ1v) is 14.5. The maximum absolute atomic E-state index is 11.8. The Labute approximate surface area is 259 Å². The Kier molecular flexibility index (Phi) is 14.1. The smallest absolute Gasteiger partial charge is 0.305 e. The number of carbonyl (C=O) groups excluding carboxylic acids is 3. The van der Waals surface area contributed by atoms with E-state index in [0.717, 1.165) is 45.6 Å². The van der Waals surface area contributed by atoms with E-state index >= 15 is 0 Å². The molecule has 0 aliphatic carbocycles. The lowest BCUT2D eigenvalue weighted by Gasteiger charge is -2.42. The van der Waals surface area contributed by atoms with Crippen molar-refractivity contribution in [1.82, 2.24) is 0 Å². The molecule has 2 N–H and O–H groups in total. The molecule has 1 aliphatic rings. The zero-order chi connectivity index (χ0) is 33.0. The van der Waals surface area contributed by atoms with Crippen LogP contribution >= 0.6 is 0 Å². The van der Waals surface area contributed by atoms with Gasteiger partial charge < -0.3 is 33.9 Å². The number of methoxy groups -OCH3 is 1. The van der Waals surface area contributed by atoms with E-state index in [1.807, 2.05) is 32.9 Å². The molecule has 1 saturated heterocycles. The SMILES string of the molecule is COC(C)(C)/C=C/C/C(C)=C/CC/C(C)=C/Cc1cc(O)ccc1O[C@@H]1O[C@H](OC(C)=O)[C@H](OC(C)=O)[C@H](OC(C)=O)[C@H]1O. The van der Waals surface area contributed by atoms with E-state index in [1.54, 1.807) is 7.11 Å². The summed E-state index contributed by atoms with van der Waals surface area (Å²) in [6.45, 7) is 11.5. The Hall–Kier alpha value is -3.67. The number of ether oxygens (including phenoxy) is 6. The second-order valence-electron chi connectivity index (χ2n) is 11.3. The lowest BCUT2D eigenvalue weighted by molar-refractivity contribution is -0.327. The van der Waals surface area contributed by atoms with Crippen molar-refractivity contribution in [2.75, 3.05) is 7.11 Å². The number of carbonyl (C=O) groups is 3. The average Bonchev–Trinajstić information content (AvgIpc) is 2.92. The first kappa shape index (κ1) is 36.5. The van der Waals surface area contributed by atoms with Gasteiger partial charge in [0.2, 0.25) is 18.7 Å². The predicted octanol–water partition coefficient (Wildman–Crippen LogP) is 4.83. The van der Waals surface area contributed by atoms with E-state index in [4.69, 9.17) is 28.4 Å². The molecule has 5 atom stereocenters. The van der Waals surface area contributed by atoms with Gasteiger partial charge in [0.1, 0.15) is 11.5 Å². The van der Waals surface area contributed by atoms with Gasteiger partial charge in [0.25, 0.3) is 0 Å². The molecule has 11 heteroatoms. The van der Waals surface area contributed by atoms with Gasteiger partial charge in [0.05, 0.1) is 5.60 Å². The molecule has 1 aliphatic heterocycles. The van der Waals surface area contributed by atoms with Crippen molar-refractivity contribution in [3.8, 4) is 11.5 Å². The summed E-state index contributed by atoms with van der Waals surface area (Å²) in [5.74, 6) is -2.01. The second kappa shape index (κ2) is 17.0. The number of rotatable bonds is 14. The first-order chi connectivity index (χ1) is 20.6. The summed E-state index contributed by atoms with van der Waals surface area (Å²) in [6, 6.07) is 4.45. The fraction of sp³-hybridized carbons (Fsp3) is 0.545. The van der Waals surface area contributed by atoms with Crippen LogP contribution in [-0.2, 0) is 44.5 Å². The molecular formula is C33H46O11. The van der Waals surface area contributed by atoms with Crippen LogP contribution in [0.5, 0.6) is 11.5 Å². The molecule has 44 heavy (non-hydrogen) atoms. The molecule has 2 rings (SSSR count). The van der Waals surface area contributed by atoms with Crippen LogP contribution in [0.2, 0.25) is 0 Å². The van der Waals surface area contributed by atoms with Crippen molar-refractivity contribution in [3.63, 3.8) is 0 Å². The van der Waals surface area contributed by atoms with Crippen LogP contribution in [0.1, 0.15) is 73.3 Å². The normalized spacial score (nSPS) is 22.9. The van der Waals surface area contributed by atoms with E-state index in [9.17, 15) is 24.6 Å². The van der Waals surface area contributed by atoms with Crippen LogP contribution < -0.4 is 4.74 Å². The molecule has 1 heterocycles. The lowest BCUT2D eigenvalue weighted by atomic mass is 10.0. The van der Waals surface area contributed by atoms with Crippen molar-refractivity contribution in [1.29, 1.82) is 0 Å². The summed E-state index contributed by atoms with van der Waals surface area (Å²) in [6.07, 6.45) is 3.76. The van der Waals surface area contributed by atoms with Gasteiger partial charge in [-0.1, -0.05) is 35.5 Å². The largest absolute Gasteiger partial charge is 0.508 e. The summed E-state index contributed by atoms with van der Waals surface area (Å²) >= 11 is 0. The van der Waals surface area contributed by atoms with Crippen LogP contribution in [0.4, 0.5) is 0 Å². The summed E-state index contributed by atoms with van der Waals surface area (Å²) in [7, 11) is 1.69. The van der Waals surface area contributed by atoms with Crippen molar-refractivity contribution >= 4 is 17.9 Å². The quantitative estimate of drug-likeness (QED) is 0.168.